The van der Waals surface area contributed by atoms with Crippen LogP contribution in [0.15, 0.2) is 54.6 Å². The molecule has 1 aliphatic heterocycles. The summed E-state index contributed by atoms with van der Waals surface area (Å²) in [4.78, 5) is 15.5. The van der Waals surface area contributed by atoms with Gasteiger partial charge in [0.15, 0.2) is 5.69 Å². The van der Waals surface area contributed by atoms with Crippen molar-refractivity contribution in [1.29, 1.82) is 0 Å². The summed E-state index contributed by atoms with van der Waals surface area (Å²) in [7, 11) is 0. The molecule has 3 aromatic rings. The summed E-state index contributed by atoms with van der Waals surface area (Å²) in [6.45, 7) is 3.69. The van der Waals surface area contributed by atoms with E-state index in [9.17, 15) is 9.90 Å². The Morgan fingerprint density at radius 1 is 1.09 bits per heavy atom. The van der Waals surface area contributed by atoms with Crippen molar-refractivity contribution in [2.75, 3.05) is 32.8 Å². The molecule has 0 unspecified atom stereocenters. The molecule has 7 heteroatoms. The van der Waals surface area contributed by atoms with Crippen molar-refractivity contribution >= 4 is 16.8 Å². The number of hydrogen-bond acceptors (Lipinski definition) is 5. The van der Waals surface area contributed by atoms with E-state index in [-0.39, 0.29) is 23.5 Å². The number of H-pyrrole nitrogens is 1. The van der Waals surface area contributed by atoms with E-state index in [1.54, 1.807) is 0 Å². The molecule has 2 aliphatic rings. The summed E-state index contributed by atoms with van der Waals surface area (Å²) < 4.78 is 5.52. The Balaban J connectivity index is 1.37. The molecule has 5 rings (SSSR count). The second-order valence-electron chi connectivity index (χ2n) is 9.31. The molecule has 3 N–H and O–H groups in total. The van der Waals surface area contributed by atoms with E-state index in [2.05, 4.69) is 44.7 Å². The summed E-state index contributed by atoms with van der Waals surface area (Å²) in [5, 5.41) is 22.3. The number of amides is 1. The Bertz CT molecular complexity index is 1080. The highest BCUT2D eigenvalue weighted by molar-refractivity contribution is 6.04. The Labute approximate surface area is 194 Å². The van der Waals surface area contributed by atoms with Gasteiger partial charge in [-0.2, -0.15) is 5.10 Å². The lowest BCUT2D eigenvalue weighted by molar-refractivity contribution is -0.0236. The van der Waals surface area contributed by atoms with Gasteiger partial charge in [0.25, 0.3) is 5.91 Å². The van der Waals surface area contributed by atoms with E-state index in [1.165, 1.54) is 5.56 Å². The molecule has 33 heavy (non-hydrogen) atoms. The molecule has 0 radical (unpaired) electrons. The SMILES string of the molecule is O=C(NC[C@]1(c2ccccc2)CC[C@@H](O)[C@H](N2CCOCC2)CC1)c1n[nH]c2ccccc12. The van der Waals surface area contributed by atoms with E-state index < -0.39 is 0 Å². The predicted octanol–water partition coefficient (Wildman–Crippen LogP) is 2.87. The number of para-hydroxylation sites is 1. The average Bonchev–Trinajstić information content (AvgIpc) is 3.23. The number of aliphatic hydroxyl groups is 1. The number of carbonyl (C=O) groups is 1. The number of aliphatic hydroxyl groups excluding tert-OH is 1. The Kier molecular flexibility index (Phi) is 6.44. The Morgan fingerprint density at radius 3 is 2.64 bits per heavy atom. The van der Waals surface area contributed by atoms with Gasteiger partial charge in [0.1, 0.15) is 0 Å². The molecule has 0 bridgehead atoms. The zero-order valence-electron chi connectivity index (χ0n) is 18.9. The van der Waals surface area contributed by atoms with Crippen LogP contribution in [-0.2, 0) is 10.2 Å². The molecule has 1 aromatic heterocycles. The van der Waals surface area contributed by atoms with Crippen molar-refractivity contribution in [3.63, 3.8) is 0 Å². The van der Waals surface area contributed by atoms with Crippen LogP contribution in [0.2, 0.25) is 0 Å². The van der Waals surface area contributed by atoms with Gasteiger partial charge in [-0.15, -0.1) is 0 Å². The smallest absolute Gasteiger partial charge is 0.272 e. The molecule has 2 aromatic carbocycles. The Morgan fingerprint density at radius 2 is 1.82 bits per heavy atom. The highest BCUT2D eigenvalue weighted by Gasteiger charge is 2.40. The molecule has 1 amide bonds. The average molecular weight is 449 g/mol. The molecule has 0 spiro atoms. The lowest BCUT2D eigenvalue weighted by atomic mass is 9.74. The number of fused-ring (bicyclic) bond motifs is 1. The van der Waals surface area contributed by atoms with E-state index in [0.717, 1.165) is 56.5 Å². The quantitative estimate of drug-likeness (QED) is 0.522. The third-order valence-electron chi connectivity index (χ3n) is 7.46. The first-order valence-corrected chi connectivity index (χ1v) is 11.9. The van der Waals surface area contributed by atoms with Crippen LogP contribution < -0.4 is 5.32 Å². The molecule has 3 atom stereocenters. The van der Waals surface area contributed by atoms with Gasteiger partial charge in [0.2, 0.25) is 0 Å². The first-order chi connectivity index (χ1) is 16.2. The standard InChI is InChI=1S/C26H32N4O3/c31-23-11-13-26(19-6-2-1-3-7-19,12-10-22(23)30-14-16-33-17-15-30)18-27-25(32)24-20-8-4-5-9-21(20)28-29-24/h1-9,22-23,31H,10-18H2,(H,27,32)(H,28,29)/t22-,23-,26-/m1/s1. The number of aromatic amines is 1. The molecule has 7 nitrogen and oxygen atoms in total. The fraction of sp³-hybridized carbons (Fsp3) is 0.462. The summed E-state index contributed by atoms with van der Waals surface area (Å²) >= 11 is 0. The number of ether oxygens (including phenoxy) is 1. The lowest BCUT2D eigenvalue weighted by Crippen LogP contribution is -2.48. The van der Waals surface area contributed by atoms with Gasteiger partial charge in [0.05, 0.1) is 24.8 Å². The van der Waals surface area contributed by atoms with Gasteiger partial charge in [-0.3, -0.25) is 14.8 Å². The van der Waals surface area contributed by atoms with Crippen LogP contribution in [0.3, 0.4) is 0 Å². The van der Waals surface area contributed by atoms with Crippen molar-refractivity contribution < 1.29 is 14.6 Å². The highest BCUT2D eigenvalue weighted by atomic mass is 16.5. The van der Waals surface area contributed by atoms with E-state index in [1.807, 2.05) is 30.3 Å². The van der Waals surface area contributed by atoms with Crippen molar-refractivity contribution in [3.05, 3.63) is 65.9 Å². The molecule has 2 heterocycles. The topological polar surface area (TPSA) is 90.5 Å². The summed E-state index contributed by atoms with van der Waals surface area (Å²) in [6.07, 6.45) is 2.94. The lowest BCUT2D eigenvalue weighted by Gasteiger charge is -2.37. The van der Waals surface area contributed by atoms with E-state index in [0.29, 0.717) is 18.7 Å². The van der Waals surface area contributed by atoms with Crippen LogP contribution >= 0.6 is 0 Å². The maximum absolute atomic E-state index is 13.1. The molecular weight excluding hydrogens is 416 g/mol. The van der Waals surface area contributed by atoms with Gasteiger partial charge in [-0.05, 0) is 37.3 Å². The second-order valence-corrected chi connectivity index (χ2v) is 9.31. The van der Waals surface area contributed by atoms with Crippen molar-refractivity contribution in [1.82, 2.24) is 20.4 Å². The number of rotatable bonds is 5. The third-order valence-corrected chi connectivity index (χ3v) is 7.46. The Hall–Kier alpha value is -2.74. The number of morpholine rings is 1. The first kappa shape index (κ1) is 22.1. The number of aromatic nitrogens is 2. The minimum absolute atomic E-state index is 0.130. The number of carbonyl (C=O) groups excluding carboxylic acids is 1. The zero-order valence-corrected chi connectivity index (χ0v) is 18.9. The predicted molar refractivity (Wildman–Crippen MR) is 127 cm³/mol. The summed E-state index contributed by atoms with van der Waals surface area (Å²) in [6, 6.07) is 18.2. The monoisotopic (exact) mass is 448 g/mol. The van der Waals surface area contributed by atoms with Crippen LogP contribution in [0.5, 0.6) is 0 Å². The summed E-state index contributed by atoms with van der Waals surface area (Å²) in [5.74, 6) is -0.169. The summed E-state index contributed by atoms with van der Waals surface area (Å²) in [5.41, 5.74) is 2.26. The van der Waals surface area contributed by atoms with Crippen molar-refractivity contribution in [3.8, 4) is 0 Å². The number of nitrogens with one attached hydrogen (secondary N) is 2. The van der Waals surface area contributed by atoms with Crippen molar-refractivity contribution in [2.24, 2.45) is 0 Å². The molecule has 174 valence electrons. The fourth-order valence-corrected chi connectivity index (χ4v) is 5.52. The molecule has 1 saturated carbocycles. The fourth-order valence-electron chi connectivity index (χ4n) is 5.52. The molecular formula is C26H32N4O3. The van der Waals surface area contributed by atoms with Crippen LogP contribution in [-0.4, -0.2) is 71.1 Å². The van der Waals surface area contributed by atoms with Gasteiger partial charge >= 0.3 is 0 Å². The van der Waals surface area contributed by atoms with Crippen LogP contribution in [0.4, 0.5) is 0 Å². The van der Waals surface area contributed by atoms with Crippen molar-refractivity contribution in [2.45, 2.75) is 43.2 Å². The maximum Gasteiger partial charge on any atom is 0.272 e. The normalized spacial score (nSPS) is 26.7. The second kappa shape index (κ2) is 9.63. The van der Waals surface area contributed by atoms with Gasteiger partial charge in [-0.1, -0.05) is 48.5 Å². The minimum atomic E-state index is -0.375. The number of benzene rings is 2. The van der Waals surface area contributed by atoms with Crippen LogP contribution in [0.25, 0.3) is 10.9 Å². The molecule has 1 saturated heterocycles. The van der Waals surface area contributed by atoms with E-state index >= 15 is 0 Å². The maximum atomic E-state index is 13.1. The zero-order chi connectivity index (χ0) is 22.7. The van der Waals surface area contributed by atoms with Gasteiger partial charge in [0, 0.05) is 36.5 Å². The van der Waals surface area contributed by atoms with Gasteiger partial charge in [-0.25, -0.2) is 0 Å². The van der Waals surface area contributed by atoms with Crippen LogP contribution in [0, 0.1) is 0 Å². The highest BCUT2D eigenvalue weighted by Crippen LogP contribution is 2.39. The van der Waals surface area contributed by atoms with Crippen LogP contribution in [0.1, 0.15) is 41.7 Å². The first-order valence-electron chi connectivity index (χ1n) is 11.9. The largest absolute Gasteiger partial charge is 0.391 e. The minimum Gasteiger partial charge on any atom is -0.391 e. The number of nitrogens with zero attached hydrogens (tertiary/aromatic N) is 2. The molecule has 1 aliphatic carbocycles. The third kappa shape index (κ3) is 4.53. The molecule has 2 fully saturated rings. The number of hydrogen-bond donors (Lipinski definition) is 3. The van der Waals surface area contributed by atoms with E-state index in [4.69, 9.17) is 4.74 Å². The van der Waals surface area contributed by atoms with Gasteiger partial charge < -0.3 is 15.2 Å².